The molecule has 0 atom stereocenters. The van der Waals surface area contributed by atoms with Gasteiger partial charge in [0.15, 0.2) is 6.29 Å². The number of carbonyl (C=O) groups is 2. The van der Waals surface area contributed by atoms with Crippen molar-refractivity contribution in [3.63, 3.8) is 0 Å². The Labute approximate surface area is 100 Å². The molecule has 0 radical (unpaired) electrons. The van der Waals surface area contributed by atoms with Gasteiger partial charge in [0.05, 0.1) is 5.56 Å². The van der Waals surface area contributed by atoms with Crippen LogP contribution in [-0.4, -0.2) is 30.4 Å². The first-order valence-corrected chi connectivity index (χ1v) is 5.82. The first-order valence-electron chi connectivity index (χ1n) is 5.82. The zero-order valence-electron chi connectivity index (χ0n) is 9.59. The van der Waals surface area contributed by atoms with Gasteiger partial charge in [0.1, 0.15) is 5.75 Å². The van der Waals surface area contributed by atoms with E-state index in [-0.39, 0.29) is 6.09 Å². The number of hydrogen-bond donors (Lipinski definition) is 0. The number of aldehydes is 1. The van der Waals surface area contributed by atoms with Gasteiger partial charge in [0.25, 0.3) is 0 Å². The molecule has 0 saturated carbocycles. The molecule has 4 nitrogen and oxygen atoms in total. The lowest BCUT2D eigenvalue weighted by atomic mass is 10.1. The Morgan fingerprint density at radius 1 is 1.18 bits per heavy atom. The lowest BCUT2D eigenvalue weighted by Crippen LogP contribution is -2.37. The molecule has 1 amide bonds. The van der Waals surface area contributed by atoms with Crippen molar-refractivity contribution in [3.05, 3.63) is 29.8 Å². The van der Waals surface area contributed by atoms with E-state index < -0.39 is 0 Å². The summed E-state index contributed by atoms with van der Waals surface area (Å²) >= 11 is 0. The molecular weight excluding hydrogens is 218 g/mol. The van der Waals surface area contributed by atoms with Crippen LogP contribution in [-0.2, 0) is 0 Å². The molecule has 90 valence electrons. The summed E-state index contributed by atoms with van der Waals surface area (Å²) in [5.41, 5.74) is 0.401. The van der Waals surface area contributed by atoms with Crippen molar-refractivity contribution in [1.82, 2.24) is 4.90 Å². The Balaban J connectivity index is 2.04. The predicted molar refractivity (Wildman–Crippen MR) is 63.3 cm³/mol. The summed E-state index contributed by atoms with van der Waals surface area (Å²) in [7, 11) is 0. The van der Waals surface area contributed by atoms with E-state index >= 15 is 0 Å². The smallest absolute Gasteiger partial charge is 0.409 e. The molecule has 1 aromatic carbocycles. The summed E-state index contributed by atoms with van der Waals surface area (Å²) in [6.45, 7) is 1.48. The zero-order chi connectivity index (χ0) is 12.1. The van der Waals surface area contributed by atoms with Gasteiger partial charge in [-0.15, -0.1) is 0 Å². The van der Waals surface area contributed by atoms with E-state index in [0.717, 1.165) is 32.4 Å². The van der Waals surface area contributed by atoms with Crippen LogP contribution in [0, 0.1) is 0 Å². The fourth-order valence-electron chi connectivity index (χ4n) is 1.91. The molecule has 0 spiro atoms. The van der Waals surface area contributed by atoms with E-state index in [0.29, 0.717) is 17.6 Å². The summed E-state index contributed by atoms with van der Waals surface area (Å²) in [6.07, 6.45) is 3.53. The predicted octanol–water partition coefficient (Wildman–Crippen LogP) is 2.48. The van der Waals surface area contributed by atoms with E-state index in [4.69, 9.17) is 4.74 Å². The van der Waals surface area contributed by atoms with Crippen molar-refractivity contribution in [2.45, 2.75) is 19.3 Å². The van der Waals surface area contributed by atoms with Gasteiger partial charge < -0.3 is 9.64 Å². The molecule has 1 aromatic rings. The number of amides is 1. The second-order valence-electron chi connectivity index (χ2n) is 4.07. The van der Waals surface area contributed by atoms with Gasteiger partial charge in [0, 0.05) is 13.1 Å². The number of ether oxygens (including phenoxy) is 1. The molecule has 1 heterocycles. The molecule has 4 heteroatoms. The molecule has 2 rings (SSSR count). The fourth-order valence-corrected chi connectivity index (χ4v) is 1.91. The first-order chi connectivity index (χ1) is 8.31. The summed E-state index contributed by atoms with van der Waals surface area (Å²) in [6, 6.07) is 6.74. The summed E-state index contributed by atoms with van der Waals surface area (Å²) < 4.78 is 5.23. The number of piperidine rings is 1. The average molecular weight is 233 g/mol. The number of benzene rings is 1. The van der Waals surface area contributed by atoms with Crippen molar-refractivity contribution in [1.29, 1.82) is 0 Å². The molecule has 1 aliphatic heterocycles. The zero-order valence-corrected chi connectivity index (χ0v) is 9.59. The third-order valence-corrected chi connectivity index (χ3v) is 2.86. The highest BCUT2D eigenvalue weighted by molar-refractivity contribution is 5.81. The normalized spacial score (nSPS) is 15.4. The molecule has 1 saturated heterocycles. The average Bonchev–Trinajstić information content (AvgIpc) is 2.40. The Bertz CT molecular complexity index is 411. The number of nitrogens with zero attached hydrogens (tertiary/aromatic N) is 1. The fraction of sp³-hybridized carbons (Fsp3) is 0.385. The van der Waals surface area contributed by atoms with Crippen molar-refractivity contribution in [3.8, 4) is 5.75 Å². The Hall–Kier alpha value is -1.84. The van der Waals surface area contributed by atoms with E-state index in [9.17, 15) is 9.59 Å². The summed E-state index contributed by atoms with van der Waals surface area (Å²) in [5.74, 6) is 0.332. The minimum absolute atomic E-state index is 0.332. The monoisotopic (exact) mass is 233 g/mol. The largest absolute Gasteiger partial charge is 0.415 e. The summed E-state index contributed by atoms with van der Waals surface area (Å²) in [5, 5.41) is 0. The number of rotatable bonds is 2. The van der Waals surface area contributed by atoms with Crippen LogP contribution in [0.25, 0.3) is 0 Å². The number of para-hydroxylation sites is 1. The minimum Gasteiger partial charge on any atom is -0.409 e. The van der Waals surface area contributed by atoms with E-state index in [2.05, 4.69) is 0 Å². The highest BCUT2D eigenvalue weighted by atomic mass is 16.6. The van der Waals surface area contributed by atoms with Crippen molar-refractivity contribution in [2.24, 2.45) is 0 Å². The highest BCUT2D eigenvalue weighted by Crippen LogP contribution is 2.18. The molecule has 1 fully saturated rings. The van der Waals surface area contributed by atoms with Crippen LogP contribution in [0.3, 0.4) is 0 Å². The third-order valence-electron chi connectivity index (χ3n) is 2.86. The second kappa shape index (κ2) is 5.48. The summed E-state index contributed by atoms with van der Waals surface area (Å²) in [4.78, 5) is 24.3. The Morgan fingerprint density at radius 3 is 2.59 bits per heavy atom. The topological polar surface area (TPSA) is 46.6 Å². The van der Waals surface area contributed by atoms with Gasteiger partial charge in [-0.3, -0.25) is 4.79 Å². The molecule has 1 aliphatic rings. The standard InChI is InChI=1S/C13H15NO3/c15-10-11-6-2-3-7-12(11)17-13(16)14-8-4-1-5-9-14/h2-3,6-7,10H,1,4-5,8-9H2. The van der Waals surface area contributed by atoms with Gasteiger partial charge >= 0.3 is 6.09 Å². The van der Waals surface area contributed by atoms with Crippen molar-refractivity contribution < 1.29 is 14.3 Å². The van der Waals surface area contributed by atoms with Gasteiger partial charge in [0.2, 0.25) is 0 Å². The van der Waals surface area contributed by atoms with Gasteiger partial charge in [-0.05, 0) is 31.4 Å². The van der Waals surface area contributed by atoms with E-state index in [1.165, 1.54) is 0 Å². The molecule has 0 aromatic heterocycles. The van der Waals surface area contributed by atoms with Crippen LogP contribution in [0.2, 0.25) is 0 Å². The molecule has 0 N–H and O–H groups in total. The first kappa shape index (κ1) is 11.6. The maximum atomic E-state index is 11.8. The van der Waals surface area contributed by atoms with Crippen LogP contribution >= 0.6 is 0 Å². The number of carbonyl (C=O) groups excluding carboxylic acids is 2. The van der Waals surface area contributed by atoms with Crippen LogP contribution in [0.15, 0.2) is 24.3 Å². The Kier molecular flexibility index (Phi) is 3.75. The van der Waals surface area contributed by atoms with Crippen molar-refractivity contribution in [2.75, 3.05) is 13.1 Å². The van der Waals surface area contributed by atoms with Crippen molar-refractivity contribution >= 4 is 12.4 Å². The number of likely N-dealkylation sites (tertiary alicyclic amines) is 1. The molecular formula is C13H15NO3. The molecule has 0 bridgehead atoms. The lowest BCUT2D eigenvalue weighted by Gasteiger charge is -2.25. The lowest BCUT2D eigenvalue weighted by molar-refractivity contribution is 0.111. The molecule has 0 unspecified atom stereocenters. The number of hydrogen-bond acceptors (Lipinski definition) is 3. The van der Waals surface area contributed by atoms with Crippen LogP contribution in [0.4, 0.5) is 4.79 Å². The van der Waals surface area contributed by atoms with E-state index in [1.807, 2.05) is 0 Å². The van der Waals surface area contributed by atoms with Gasteiger partial charge in [-0.2, -0.15) is 0 Å². The van der Waals surface area contributed by atoms with Crippen LogP contribution < -0.4 is 4.74 Å². The maximum Gasteiger partial charge on any atom is 0.415 e. The highest BCUT2D eigenvalue weighted by Gasteiger charge is 2.19. The second-order valence-corrected chi connectivity index (χ2v) is 4.07. The maximum absolute atomic E-state index is 11.8. The van der Waals surface area contributed by atoms with Gasteiger partial charge in [-0.25, -0.2) is 4.79 Å². The molecule has 0 aliphatic carbocycles. The minimum atomic E-state index is -0.362. The molecule has 17 heavy (non-hydrogen) atoms. The van der Waals surface area contributed by atoms with Crippen LogP contribution in [0.5, 0.6) is 5.75 Å². The SMILES string of the molecule is O=Cc1ccccc1OC(=O)N1CCCCC1. The van der Waals surface area contributed by atoms with E-state index in [1.54, 1.807) is 29.2 Å². The third kappa shape index (κ3) is 2.84. The van der Waals surface area contributed by atoms with Crippen LogP contribution in [0.1, 0.15) is 29.6 Å². The Morgan fingerprint density at radius 2 is 1.88 bits per heavy atom. The quantitative estimate of drug-likeness (QED) is 0.737. The van der Waals surface area contributed by atoms with Gasteiger partial charge in [-0.1, -0.05) is 12.1 Å².